The summed E-state index contributed by atoms with van der Waals surface area (Å²) in [5, 5.41) is 0. The van der Waals surface area contributed by atoms with Crippen molar-refractivity contribution in [2.24, 2.45) is 0 Å². The van der Waals surface area contributed by atoms with Crippen LogP contribution in [-0.4, -0.2) is 8.32 Å². The second kappa shape index (κ2) is 5.55. The van der Waals surface area contributed by atoms with Crippen LogP contribution in [0.5, 0.6) is 0 Å². The van der Waals surface area contributed by atoms with Crippen LogP contribution >= 0.6 is 0 Å². The van der Waals surface area contributed by atoms with Gasteiger partial charge in [0.25, 0.3) is 0 Å². The van der Waals surface area contributed by atoms with E-state index in [1.807, 2.05) is 0 Å². The van der Waals surface area contributed by atoms with Gasteiger partial charge in [-0.3, -0.25) is 0 Å². The van der Waals surface area contributed by atoms with E-state index >= 15 is 0 Å². The fourth-order valence-electron chi connectivity index (χ4n) is 0. The van der Waals surface area contributed by atoms with Crippen molar-refractivity contribution >= 4 is 0 Å². The number of hydrogen-bond acceptors (Lipinski definition) is 2. The first kappa shape index (κ1) is 15.8. The summed E-state index contributed by atoms with van der Waals surface area (Å²) in [5.74, 6) is 0. The van der Waals surface area contributed by atoms with Crippen LogP contribution in [0.15, 0.2) is 0 Å². The average molecular weight is 402 g/mol. The SMILES string of the molecule is [O]=[Cr](=[O])([OH])[OH].[Rh].[Ta]. The molecule has 0 saturated carbocycles. The molecule has 0 spiro atoms. The topological polar surface area (TPSA) is 74.6 Å². The third-order valence-electron chi connectivity index (χ3n) is 0. The summed E-state index contributed by atoms with van der Waals surface area (Å²) in [7, 11) is 0. The zero-order valence-electron chi connectivity index (χ0n) is 2.90. The molecule has 0 amide bonds. The molecule has 0 atom stereocenters. The van der Waals surface area contributed by atoms with E-state index < -0.39 is 13.6 Å². The Hall–Kier alpha value is 1.42. The molecule has 0 aliphatic carbocycles. The van der Waals surface area contributed by atoms with Gasteiger partial charge in [-0.1, -0.05) is 0 Å². The van der Waals surface area contributed by atoms with Crippen molar-refractivity contribution in [3.05, 3.63) is 0 Å². The minimum atomic E-state index is -5.25. The van der Waals surface area contributed by atoms with Crippen molar-refractivity contribution < 1.29 is 71.4 Å². The Kier molecular flexibility index (Phi) is 12.5. The predicted molar refractivity (Wildman–Crippen MR) is 5.81 cm³/mol. The molecule has 0 aliphatic rings. The molecule has 7 heteroatoms. The minimum Gasteiger partial charge on any atom is 0 e. The molecule has 2 radical (unpaired) electrons. The van der Waals surface area contributed by atoms with Gasteiger partial charge >= 0.3 is 29.5 Å². The van der Waals surface area contributed by atoms with Crippen molar-refractivity contribution in [2.45, 2.75) is 0 Å². The van der Waals surface area contributed by atoms with Crippen LogP contribution in [0.4, 0.5) is 0 Å². The first-order valence-corrected chi connectivity index (χ1v) is 2.88. The first-order valence-electron chi connectivity index (χ1n) is 0.698. The summed E-state index contributed by atoms with van der Waals surface area (Å²) in [6.07, 6.45) is 0. The molecule has 0 aromatic heterocycles. The maximum absolute atomic E-state index is 8.82. The summed E-state index contributed by atoms with van der Waals surface area (Å²) < 4.78 is 31.9. The van der Waals surface area contributed by atoms with E-state index in [0.29, 0.717) is 0 Å². The van der Waals surface area contributed by atoms with Gasteiger partial charge in [-0.05, 0) is 0 Å². The van der Waals surface area contributed by atoms with Crippen molar-refractivity contribution in [3.63, 3.8) is 0 Å². The summed E-state index contributed by atoms with van der Waals surface area (Å²) >= 11 is -5.25. The molecule has 0 saturated heterocycles. The summed E-state index contributed by atoms with van der Waals surface area (Å²) in [5.41, 5.74) is 0. The zero-order chi connectivity index (χ0) is 4.50. The summed E-state index contributed by atoms with van der Waals surface area (Å²) in [6.45, 7) is 0. The van der Waals surface area contributed by atoms with Crippen LogP contribution in [0.1, 0.15) is 0 Å². The largest absolute Gasteiger partial charge is 0 e. The summed E-state index contributed by atoms with van der Waals surface area (Å²) in [6, 6.07) is 0. The van der Waals surface area contributed by atoms with Crippen LogP contribution in [0, 0.1) is 0 Å². The Morgan fingerprint density at radius 2 is 1.14 bits per heavy atom. The van der Waals surface area contributed by atoms with Gasteiger partial charge in [0.15, 0.2) is 0 Å². The normalized spacial score (nSPS) is 8.29. The maximum atomic E-state index is 8.82. The molecule has 46 valence electrons. The third-order valence-corrected chi connectivity index (χ3v) is 0. The average Bonchev–Trinajstić information content (AvgIpc) is 0.722. The van der Waals surface area contributed by atoms with E-state index in [1.54, 1.807) is 0 Å². The molecular weight excluding hydrogens is 400 g/mol. The van der Waals surface area contributed by atoms with Crippen LogP contribution < -0.4 is 0 Å². The minimum absolute atomic E-state index is 0. The standard InChI is InChI=1S/Cr.2H2O.2O.Rh.Ta/h;2*1H2;;;;/q+2;;;;;;/p-2. The molecule has 7 heavy (non-hydrogen) atoms. The van der Waals surface area contributed by atoms with Crippen molar-refractivity contribution in [1.29, 1.82) is 0 Å². The van der Waals surface area contributed by atoms with E-state index in [-0.39, 0.29) is 41.9 Å². The second-order valence-electron chi connectivity index (χ2n) is 0.448. The Bertz CT molecular complexity index is 94.9. The van der Waals surface area contributed by atoms with Gasteiger partial charge in [0.05, 0.1) is 0 Å². The Morgan fingerprint density at radius 3 is 1.14 bits per heavy atom. The van der Waals surface area contributed by atoms with E-state index in [1.165, 1.54) is 0 Å². The summed E-state index contributed by atoms with van der Waals surface area (Å²) in [4.78, 5) is 0. The smallest absolute Gasteiger partial charge is 0 e. The number of hydrogen-bond donors (Lipinski definition) is 2. The fraction of sp³-hybridized carbons (Fsp3) is 0. The van der Waals surface area contributed by atoms with Crippen LogP contribution in [0.3, 0.4) is 0 Å². The van der Waals surface area contributed by atoms with E-state index in [2.05, 4.69) is 0 Å². The Morgan fingerprint density at radius 1 is 1.14 bits per heavy atom. The molecular formula is H2CrO4RhTa. The molecule has 0 aliphatic heterocycles. The number of rotatable bonds is 0. The molecule has 0 aromatic rings. The van der Waals surface area contributed by atoms with Crippen molar-refractivity contribution in [3.8, 4) is 0 Å². The molecule has 4 nitrogen and oxygen atoms in total. The zero-order valence-corrected chi connectivity index (χ0v) is 9.03. The third kappa shape index (κ3) is 108. The van der Waals surface area contributed by atoms with Crippen LogP contribution in [0.25, 0.3) is 0 Å². The maximum Gasteiger partial charge on any atom is 0 e. The van der Waals surface area contributed by atoms with Gasteiger partial charge < -0.3 is 0 Å². The fourth-order valence-corrected chi connectivity index (χ4v) is 0. The molecule has 0 unspecified atom stereocenters. The molecule has 0 bridgehead atoms. The van der Waals surface area contributed by atoms with Crippen molar-refractivity contribution in [1.82, 2.24) is 0 Å². The predicted octanol–water partition coefficient (Wildman–Crippen LogP) is -1.36. The van der Waals surface area contributed by atoms with E-state index in [4.69, 9.17) is 15.9 Å². The quantitative estimate of drug-likeness (QED) is 0.492. The van der Waals surface area contributed by atoms with Gasteiger partial charge in [0.1, 0.15) is 0 Å². The molecule has 0 heterocycles. The first-order chi connectivity index (χ1) is 2.00. The molecule has 2 N–H and O–H groups in total. The van der Waals surface area contributed by atoms with Gasteiger partial charge in [-0.2, -0.15) is 0 Å². The molecule has 0 rings (SSSR count). The van der Waals surface area contributed by atoms with Gasteiger partial charge in [-0.15, -0.1) is 0 Å². The Labute approximate surface area is 71.0 Å². The Balaban J connectivity index is -0.0000000800. The second-order valence-corrected chi connectivity index (χ2v) is 1.85. The van der Waals surface area contributed by atoms with Crippen molar-refractivity contribution in [2.75, 3.05) is 0 Å². The van der Waals surface area contributed by atoms with Gasteiger partial charge in [-0.25, -0.2) is 0 Å². The monoisotopic (exact) mass is 402 g/mol. The van der Waals surface area contributed by atoms with Crippen LogP contribution in [-0.2, 0) is 63.1 Å². The van der Waals surface area contributed by atoms with Gasteiger partial charge in [0, 0.05) is 41.9 Å². The van der Waals surface area contributed by atoms with Crippen LogP contribution in [0.2, 0.25) is 0 Å². The van der Waals surface area contributed by atoms with E-state index in [9.17, 15) is 0 Å². The van der Waals surface area contributed by atoms with E-state index in [0.717, 1.165) is 0 Å². The van der Waals surface area contributed by atoms with Gasteiger partial charge in [0.2, 0.25) is 0 Å². The molecule has 0 fully saturated rings. The molecule has 0 aromatic carbocycles.